The van der Waals surface area contributed by atoms with Crippen LogP contribution < -0.4 is 5.73 Å². The molecule has 0 bridgehead atoms. The van der Waals surface area contributed by atoms with Crippen molar-refractivity contribution >= 4 is 29.2 Å². The minimum Gasteiger partial charge on any atom is -0.480 e. The van der Waals surface area contributed by atoms with Gasteiger partial charge in [0.25, 0.3) is 5.69 Å². The number of halogens is 1. The van der Waals surface area contributed by atoms with Crippen LogP contribution in [0.2, 0.25) is 5.02 Å². The lowest BCUT2D eigenvalue weighted by atomic mass is 9.82. The lowest BCUT2D eigenvalue weighted by molar-refractivity contribution is -0.385. The van der Waals surface area contributed by atoms with Gasteiger partial charge in [0.2, 0.25) is 5.91 Å². The molecule has 1 amide bonds. The van der Waals surface area contributed by atoms with Crippen LogP contribution in [-0.2, 0) is 16.0 Å². The second-order valence-corrected chi connectivity index (χ2v) is 4.58. The molecule has 0 saturated carbocycles. The van der Waals surface area contributed by atoms with Gasteiger partial charge in [0.15, 0.2) is 0 Å². The second-order valence-electron chi connectivity index (χ2n) is 4.17. The van der Waals surface area contributed by atoms with E-state index in [1.807, 2.05) is 0 Å². The summed E-state index contributed by atoms with van der Waals surface area (Å²) in [5.41, 5.74) is 2.72. The van der Waals surface area contributed by atoms with Gasteiger partial charge in [-0.15, -0.1) is 0 Å². The number of amides is 1. The molecule has 3 N–H and O–H groups in total. The number of rotatable bonds is 5. The molecule has 8 heteroatoms. The summed E-state index contributed by atoms with van der Waals surface area (Å²) in [4.78, 5) is 32.6. The normalized spacial score (nSPS) is 13.6. The van der Waals surface area contributed by atoms with Crippen LogP contribution in [0.4, 0.5) is 5.69 Å². The van der Waals surface area contributed by atoms with Gasteiger partial charge in [-0.25, -0.2) is 0 Å². The molecule has 0 spiro atoms. The molecular formula is C11H11ClN2O5. The minimum atomic E-state index is -1.96. The Balaban J connectivity index is 3.36. The van der Waals surface area contributed by atoms with Gasteiger partial charge in [-0.1, -0.05) is 17.7 Å². The molecule has 0 aromatic heterocycles. The van der Waals surface area contributed by atoms with Gasteiger partial charge in [-0.2, -0.15) is 0 Å². The number of carboxylic acid groups (broad SMARTS) is 1. The molecular weight excluding hydrogens is 276 g/mol. The molecule has 0 saturated heterocycles. The standard InChI is InChI=1S/C11H11ClN2O5/c1-11(9(13)15,10(16)17)5-6-7(12)3-2-4-8(6)14(18)19/h2-4H,5H2,1H3,(H2,13,15)(H,16,17). The third kappa shape index (κ3) is 2.82. The quantitative estimate of drug-likeness (QED) is 0.480. The van der Waals surface area contributed by atoms with E-state index in [9.17, 15) is 19.7 Å². The van der Waals surface area contributed by atoms with E-state index >= 15 is 0 Å². The predicted molar refractivity (Wildman–Crippen MR) is 66.7 cm³/mol. The molecule has 0 heterocycles. The Labute approximate surface area is 113 Å². The largest absolute Gasteiger partial charge is 0.480 e. The van der Waals surface area contributed by atoms with Crippen LogP contribution in [0.25, 0.3) is 0 Å². The van der Waals surface area contributed by atoms with Crippen molar-refractivity contribution in [2.45, 2.75) is 13.3 Å². The first-order chi connectivity index (χ1) is 8.70. The Bertz CT molecular complexity index is 544. The highest BCUT2D eigenvalue weighted by Crippen LogP contribution is 2.33. The van der Waals surface area contributed by atoms with E-state index in [1.165, 1.54) is 18.2 Å². The number of nitro benzene ring substituents is 1. The first-order valence-corrected chi connectivity index (χ1v) is 5.53. The maximum absolute atomic E-state index is 11.3. The summed E-state index contributed by atoms with van der Waals surface area (Å²) in [6.07, 6.45) is -0.451. The molecule has 0 fully saturated rings. The van der Waals surface area contributed by atoms with Crippen LogP contribution in [0.1, 0.15) is 12.5 Å². The van der Waals surface area contributed by atoms with Gasteiger partial charge in [0, 0.05) is 12.5 Å². The zero-order valence-electron chi connectivity index (χ0n) is 9.92. The van der Waals surface area contributed by atoms with E-state index in [0.717, 1.165) is 6.92 Å². The molecule has 1 aromatic rings. The molecule has 19 heavy (non-hydrogen) atoms. The number of carbonyl (C=O) groups is 2. The van der Waals surface area contributed by atoms with Crippen molar-refractivity contribution in [2.75, 3.05) is 0 Å². The number of carbonyl (C=O) groups excluding carboxylic acids is 1. The summed E-state index contributed by atoms with van der Waals surface area (Å²) in [5, 5.41) is 20.0. The monoisotopic (exact) mass is 286 g/mol. The maximum atomic E-state index is 11.3. The van der Waals surface area contributed by atoms with E-state index in [0.29, 0.717) is 0 Å². The second kappa shape index (κ2) is 5.23. The number of carboxylic acids is 1. The minimum absolute atomic E-state index is 0.0166. The van der Waals surface area contributed by atoms with Crippen molar-refractivity contribution in [1.82, 2.24) is 0 Å². The Morgan fingerprint density at radius 1 is 1.53 bits per heavy atom. The van der Waals surface area contributed by atoms with Gasteiger partial charge in [0.05, 0.1) is 15.5 Å². The summed E-state index contributed by atoms with van der Waals surface area (Å²) in [5.74, 6) is -2.55. The predicted octanol–water partition coefficient (Wildman–Crippen LogP) is 1.37. The van der Waals surface area contributed by atoms with Gasteiger partial charge < -0.3 is 10.8 Å². The Kier molecular flexibility index (Phi) is 4.10. The topological polar surface area (TPSA) is 124 Å². The molecule has 102 valence electrons. The number of aliphatic carboxylic acids is 1. The zero-order valence-corrected chi connectivity index (χ0v) is 10.7. The highest BCUT2D eigenvalue weighted by atomic mass is 35.5. The fourth-order valence-electron chi connectivity index (χ4n) is 1.51. The molecule has 0 aliphatic carbocycles. The third-order valence-corrected chi connectivity index (χ3v) is 3.19. The van der Waals surface area contributed by atoms with E-state index in [1.54, 1.807) is 0 Å². The first-order valence-electron chi connectivity index (χ1n) is 5.15. The van der Waals surface area contributed by atoms with Gasteiger partial charge in [-0.05, 0) is 13.0 Å². The van der Waals surface area contributed by atoms with Crippen molar-refractivity contribution in [3.05, 3.63) is 38.9 Å². The Hall–Kier alpha value is -2.15. The van der Waals surface area contributed by atoms with Crippen LogP contribution >= 0.6 is 11.6 Å². The van der Waals surface area contributed by atoms with Crippen molar-refractivity contribution < 1.29 is 19.6 Å². The zero-order chi connectivity index (χ0) is 14.8. The maximum Gasteiger partial charge on any atom is 0.319 e. The van der Waals surface area contributed by atoms with Crippen molar-refractivity contribution in [3.63, 3.8) is 0 Å². The van der Waals surface area contributed by atoms with Gasteiger partial charge >= 0.3 is 5.97 Å². The summed E-state index contributed by atoms with van der Waals surface area (Å²) < 4.78 is 0. The van der Waals surface area contributed by atoms with Crippen LogP contribution in [0.5, 0.6) is 0 Å². The van der Waals surface area contributed by atoms with E-state index < -0.39 is 28.6 Å². The SMILES string of the molecule is CC(Cc1c(Cl)cccc1[N+](=O)[O-])(C(N)=O)C(=O)O. The number of benzene rings is 1. The molecule has 1 aromatic carbocycles. The van der Waals surface area contributed by atoms with Crippen molar-refractivity contribution in [3.8, 4) is 0 Å². The lowest BCUT2D eigenvalue weighted by Gasteiger charge is -2.21. The molecule has 0 aliphatic rings. The average Bonchev–Trinajstić information content (AvgIpc) is 2.30. The molecule has 0 aliphatic heterocycles. The Morgan fingerprint density at radius 2 is 2.11 bits per heavy atom. The smallest absolute Gasteiger partial charge is 0.319 e. The van der Waals surface area contributed by atoms with Crippen molar-refractivity contribution in [2.24, 2.45) is 11.1 Å². The highest BCUT2D eigenvalue weighted by molar-refractivity contribution is 6.31. The fourth-order valence-corrected chi connectivity index (χ4v) is 1.75. The van der Waals surface area contributed by atoms with Crippen LogP contribution in [0.3, 0.4) is 0 Å². The van der Waals surface area contributed by atoms with Crippen molar-refractivity contribution in [1.29, 1.82) is 0 Å². The third-order valence-electron chi connectivity index (χ3n) is 2.84. The van der Waals surface area contributed by atoms with Crippen LogP contribution in [0.15, 0.2) is 18.2 Å². The fraction of sp³-hybridized carbons (Fsp3) is 0.273. The van der Waals surface area contributed by atoms with Crippen LogP contribution in [0, 0.1) is 15.5 Å². The lowest BCUT2D eigenvalue weighted by Crippen LogP contribution is -2.43. The number of nitrogens with zero attached hydrogens (tertiary/aromatic N) is 1. The number of hydrogen-bond acceptors (Lipinski definition) is 4. The number of hydrogen-bond donors (Lipinski definition) is 2. The molecule has 0 radical (unpaired) electrons. The summed E-state index contributed by atoms with van der Waals surface area (Å²) >= 11 is 5.84. The van der Waals surface area contributed by atoms with Gasteiger partial charge in [0.1, 0.15) is 5.41 Å². The molecule has 1 rings (SSSR count). The molecule has 7 nitrogen and oxygen atoms in total. The molecule has 1 atom stereocenters. The van der Waals surface area contributed by atoms with E-state index in [2.05, 4.69) is 0 Å². The van der Waals surface area contributed by atoms with E-state index in [4.69, 9.17) is 22.4 Å². The average molecular weight is 287 g/mol. The van der Waals surface area contributed by atoms with E-state index in [-0.39, 0.29) is 16.3 Å². The summed E-state index contributed by atoms with van der Waals surface area (Å²) in [6, 6.07) is 3.93. The highest BCUT2D eigenvalue weighted by Gasteiger charge is 2.42. The van der Waals surface area contributed by atoms with Crippen LogP contribution in [-0.4, -0.2) is 21.9 Å². The summed E-state index contributed by atoms with van der Waals surface area (Å²) in [6.45, 7) is 1.10. The first kappa shape index (κ1) is 14.9. The molecule has 1 unspecified atom stereocenters. The summed E-state index contributed by atoms with van der Waals surface area (Å²) in [7, 11) is 0. The number of nitro groups is 1. The Morgan fingerprint density at radius 3 is 2.53 bits per heavy atom. The van der Waals surface area contributed by atoms with Gasteiger partial charge in [-0.3, -0.25) is 19.7 Å². The number of primary amides is 1. The number of nitrogens with two attached hydrogens (primary N) is 1.